The molecule has 0 unspecified atom stereocenters. The van der Waals surface area contributed by atoms with Crippen molar-refractivity contribution in [2.45, 2.75) is 13.3 Å². The summed E-state index contributed by atoms with van der Waals surface area (Å²) < 4.78 is 35.0. The highest BCUT2D eigenvalue weighted by Crippen LogP contribution is 2.36. The average Bonchev–Trinajstić information content (AvgIpc) is 2.27. The van der Waals surface area contributed by atoms with Gasteiger partial charge in [0.2, 0.25) is 0 Å². The zero-order valence-electron chi connectivity index (χ0n) is 9.17. The van der Waals surface area contributed by atoms with E-state index in [1.807, 2.05) is 0 Å². The van der Waals surface area contributed by atoms with E-state index in [4.69, 9.17) is 21.1 Å². The van der Waals surface area contributed by atoms with Gasteiger partial charge in [-0.3, -0.25) is 0 Å². The van der Waals surface area contributed by atoms with Crippen molar-refractivity contribution in [3.8, 4) is 5.75 Å². The van der Waals surface area contributed by atoms with Gasteiger partial charge in [0.25, 0.3) is 6.43 Å². The third-order valence-corrected chi connectivity index (χ3v) is 2.24. The fraction of sp³-hybridized carbons (Fsp3) is 0.400. The van der Waals surface area contributed by atoms with Gasteiger partial charge in [-0.2, -0.15) is 0 Å². The number of carbonyl (C=O) groups excluding carboxylic acids is 1. The van der Waals surface area contributed by atoms with Crippen LogP contribution in [0.3, 0.4) is 0 Å². The molecular weight excluding hydrogens is 256 g/mol. The number of alkyl halides is 2. The molecule has 0 N–H and O–H groups in total. The van der Waals surface area contributed by atoms with Gasteiger partial charge in [-0.15, -0.1) is 0 Å². The lowest BCUT2D eigenvalue weighted by Crippen LogP contribution is -2.10. The molecule has 0 spiro atoms. The molecule has 0 aromatic carbocycles. The van der Waals surface area contributed by atoms with E-state index in [-0.39, 0.29) is 17.9 Å². The standard InChI is InChI=1S/C10H10ClF2NO3/c1-3-17-10(15)5-4-14-8(11)6(9(12)13)7(5)16-2/h4,9H,3H2,1-2H3. The first kappa shape index (κ1) is 13.6. The lowest BCUT2D eigenvalue weighted by atomic mass is 10.1. The molecule has 0 aliphatic carbocycles. The summed E-state index contributed by atoms with van der Waals surface area (Å²) in [6, 6.07) is 0. The van der Waals surface area contributed by atoms with Crippen LogP contribution in [0.2, 0.25) is 5.15 Å². The van der Waals surface area contributed by atoms with Crippen LogP contribution < -0.4 is 4.74 Å². The zero-order valence-corrected chi connectivity index (χ0v) is 9.92. The summed E-state index contributed by atoms with van der Waals surface area (Å²) in [6.45, 7) is 1.72. The molecule has 0 amide bonds. The summed E-state index contributed by atoms with van der Waals surface area (Å²) in [6.07, 6.45) is -1.84. The Morgan fingerprint density at radius 3 is 2.71 bits per heavy atom. The van der Waals surface area contributed by atoms with E-state index in [1.165, 1.54) is 7.11 Å². The van der Waals surface area contributed by atoms with Gasteiger partial charge in [0, 0.05) is 6.20 Å². The quantitative estimate of drug-likeness (QED) is 0.620. The first-order valence-electron chi connectivity index (χ1n) is 4.70. The molecule has 0 atom stereocenters. The number of aromatic nitrogens is 1. The fourth-order valence-electron chi connectivity index (χ4n) is 1.25. The number of methoxy groups -OCH3 is 1. The molecule has 0 radical (unpaired) electrons. The highest BCUT2D eigenvalue weighted by molar-refractivity contribution is 6.30. The maximum absolute atomic E-state index is 12.7. The van der Waals surface area contributed by atoms with Gasteiger partial charge in [0.1, 0.15) is 16.5 Å². The minimum atomic E-state index is -2.89. The van der Waals surface area contributed by atoms with Crippen LogP contribution in [0.4, 0.5) is 8.78 Å². The number of esters is 1. The smallest absolute Gasteiger partial charge is 0.343 e. The van der Waals surface area contributed by atoms with Crippen molar-refractivity contribution in [1.29, 1.82) is 0 Å². The van der Waals surface area contributed by atoms with Crippen LogP contribution in [0, 0.1) is 0 Å². The number of ether oxygens (including phenoxy) is 2. The van der Waals surface area contributed by atoms with Crippen molar-refractivity contribution in [1.82, 2.24) is 4.98 Å². The fourth-order valence-corrected chi connectivity index (χ4v) is 1.47. The second-order valence-corrected chi connectivity index (χ2v) is 3.29. The number of carbonyl (C=O) groups is 1. The average molecular weight is 266 g/mol. The number of hydrogen-bond donors (Lipinski definition) is 0. The summed E-state index contributed by atoms with van der Waals surface area (Å²) in [7, 11) is 1.17. The van der Waals surface area contributed by atoms with Crippen LogP contribution in [0.25, 0.3) is 0 Å². The first-order valence-corrected chi connectivity index (χ1v) is 5.08. The number of nitrogens with zero attached hydrogens (tertiary/aromatic N) is 1. The summed E-state index contributed by atoms with van der Waals surface area (Å²) >= 11 is 5.53. The summed E-state index contributed by atoms with van der Waals surface area (Å²) in [5.74, 6) is -1.09. The maximum Gasteiger partial charge on any atom is 0.343 e. The first-order chi connectivity index (χ1) is 8.02. The van der Waals surface area contributed by atoms with Gasteiger partial charge in [-0.05, 0) is 6.92 Å². The third kappa shape index (κ3) is 2.82. The van der Waals surface area contributed by atoms with Gasteiger partial charge < -0.3 is 9.47 Å². The Balaban J connectivity index is 3.32. The van der Waals surface area contributed by atoms with Crippen LogP contribution in [0.15, 0.2) is 6.20 Å². The Kier molecular flexibility index (Phi) is 4.62. The zero-order chi connectivity index (χ0) is 13.0. The van der Waals surface area contributed by atoms with Crippen molar-refractivity contribution in [2.24, 2.45) is 0 Å². The van der Waals surface area contributed by atoms with Crippen LogP contribution >= 0.6 is 11.6 Å². The van der Waals surface area contributed by atoms with Crippen LogP contribution in [0.5, 0.6) is 5.75 Å². The summed E-state index contributed by atoms with van der Waals surface area (Å²) in [5.41, 5.74) is -0.784. The normalized spacial score (nSPS) is 10.5. The van der Waals surface area contributed by atoms with Crippen LogP contribution in [0.1, 0.15) is 29.3 Å². The molecule has 4 nitrogen and oxygen atoms in total. The van der Waals surface area contributed by atoms with Gasteiger partial charge in [0.15, 0.2) is 0 Å². The third-order valence-electron chi connectivity index (χ3n) is 1.94. The monoisotopic (exact) mass is 265 g/mol. The second-order valence-electron chi connectivity index (χ2n) is 2.93. The lowest BCUT2D eigenvalue weighted by molar-refractivity contribution is 0.0521. The molecule has 0 aliphatic rings. The Labute approximate surface area is 101 Å². The summed E-state index contributed by atoms with van der Waals surface area (Å²) in [5, 5.41) is -0.398. The Morgan fingerprint density at radius 1 is 1.59 bits per heavy atom. The molecule has 1 aromatic rings. The highest BCUT2D eigenvalue weighted by Gasteiger charge is 2.25. The molecule has 17 heavy (non-hydrogen) atoms. The molecule has 94 valence electrons. The van der Waals surface area contributed by atoms with Gasteiger partial charge >= 0.3 is 5.97 Å². The number of hydrogen-bond acceptors (Lipinski definition) is 4. The molecule has 0 fully saturated rings. The topological polar surface area (TPSA) is 48.4 Å². The van der Waals surface area contributed by atoms with E-state index >= 15 is 0 Å². The van der Waals surface area contributed by atoms with Crippen LogP contribution in [-0.2, 0) is 4.74 Å². The maximum atomic E-state index is 12.7. The molecule has 1 aromatic heterocycles. The van der Waals surface area contributed by atoms with Crippen molar-refractivity contribution in [3.05, 3.63) is 22.5 Å². The predicted molar refractivity (Wildman–Crippen MR) is 56.7 cm³/mol. The highest BCUT2D eigenvalue weighted by atomic mass is 35.5. The van der Waals surface area contributed by atoms with Crippen molar-refractivity contribution < 1.29 is 23.0 Å². The largest absolute Gasteiger partial charge is 0.495 e. The van der Waals surface area contributed by atoms with E-state index in [9.17, 15) is 13.6 Å². The predicted octanol–water partition coefficient (Wildman–Crippen LogP) is 2.86. The Bertz CT molecular complexity index is 426. The van der Waals surface area contributed by atoms with Gasteiger partial charge in [-0.1, -0.05) is 11.6 Å². The number of rotatable bonds is 4. The summed E-state index contributed by atoms with van der Waals surface area (Å²) in [4.78, 5) is 15.0. The SMILES string of the molecule is CCOC(=O)c1cnc(Cl)c(C(F)F)c1OC. The molecule has 0 aliphatic heterocycles. The van der Waals surface area contributed by atoms with E-state index in [1.54, 1.807) is 6.92 Å². The molecule has 0 bridgehead atoms. The molecule has 1 heterocycles. The Hall–Kier alpha value is -1.43. The molecule has 7 heteroatoms. The Morgan fingerprint density at radius 2 is 2.24 bits per heavy atom. The minimum Gasteiger partial charge on any atom is -0.495 e. The van der Waals surface area contributed by atoms with E-state index in [2.05, 4.69) is 4.98 Å². The van der Waals surface area contributed by atoms with Crippen molar-refractivity contribution in [2.75, 3.05) is 13.7 Å². The number of halogens is 3. The van der Waals surface area contributed by atoms with Crippen molar-refractivity contribution >= 4 is 17.6 Å². The van der Waals surface area contributed by atoms with Crippen LogP contribution in [-0.4, -0.2) is 24.7 Å². The van der Waals surface area contributed by atoms with E-state index in [0.29, 0.717) is 0 Å². The van der Waals surface area contributed by atoms with E-state index in [0.717, 1.165) is 6.20 Å². The molecule has 0 saturated carbocycles. The van der Waals surface area contributed by atoms with Gasteiger partial charge in [-0.25, -0.2) is 18.6 Å². The molecule has 1 rings (SSSR count). The number of pyridine rings is 1. The van der Waals surface area contributed by atoms with Gasteiger partial charge in [0.05, 0.1) is 19.3 Å². The lowest BCUT2D eigenvalue weighted by Gasteiger charge is -2.12. The van der Waals surface area contributed by atoms with E-state index < -0.39 is 23.1 Å². The minimum absolute atomic E-state index is 0.120. The molecule has 0 saturated heterocycles. The second kappa shape index (κ2) is 5.77. The molecular formula is C10H10ClF2NO3. The van der Waals surface area contributed by atoms with Crippen molar-refractivity contribution in [3.63, 3.8) is 0 Å².